The maximum absolute atomic E-state index is 14.1. The fourth-order valence-corrected chi connectivity index (χ4v) is 6.35. The molecule has 0 radical (unpaired) electrons. The van der Waals surface area contributed by atoms with Crippen LogP contribution in [0.15, 0.2) is 54.6 Å². The van der Waals surface area contributed by atoms with E-state index in [9.17, 15) is 19.5 Å². The number of ether oxygens (including phenoxy) is 1. The second-order valence-corrected chi connectivity index (χ2v) is 10.4. The molecule has 2 fully saturated rings. The molecule has 1 aromatic rings. The summed E-state index contributed by atoms with van der Waals surface area (Å²) in [6.45, 7) is 7.88. The lowest BCUT2D eigenvalue weighted by molar-refractivity contribution is -0.154. The SMILES string of the molecule is CC(C)N1CC=C[C@]23O[C@]4(C)C=CCN(c5ccccc5)C(=O)[C@@H]4[C@H]2C(=O)N([C@H](C)CO)C3C1=O. The number of likely N-dealkylation sites (tertiary alicyclic amines) is 1. The predicted octanol–water partition coefficient (Wildman–Crippen LogP) is 1.75. The minimum atomic E-state index is -1.31. The largest absolute Gasteiger partial charge is 0.394 e. The maximum atomic E-state index is 14.1. The molecule has 1 aromatic carbocycles. The molecule has 8 nitrogen and oxygen atoms in total. The molecule has 6 atom stereocenters. The molecule has 4 heterocycles. The van der Waals surface area contributed by atoms with E-state index in [1.807, 2.05) is 75.4 Å². The van der Waals surface area contributed by atoms with Gasteiger partial charge < -0.3 is 24.5 Å². The van der Waals surface area contributed by atoms with Crippen LogP contribution < -0.4 is 4.90 Å². The Morgan fingerprint density at radius 2 is 1.66 bits per heavy atom. The monoisotopic (exact) mass is 479 g/mol. The Labute approximate surface area is 205 Å². The van der Waals surface area contributed by atoms with E-state index in [-0.39, 0.29) is 30.4 Å². The smallest absolute Gasteiger partial charge is 0.249 e. The number of fused-ring (bicyclic) bond motifs is 2. The normalized spacial score (nSPS) is 35.2. The van der Waals surface area contributed by atoms with Gasteiger partial charge in [0.05, 0.1) is 30.1 Å². The van der Waals surface area contributed by atoms with Crippen molar-refractivity contribution in [3.63, 3.8) is 0 Å². The molecule has 8 heteroatoms. The van der Waals surface area contributed by atoms with Gasteiger partial charge in [-0.25, -0.2) is 0 Å². The van der Waals surface area contributed by atoms with Gasteiger partial charge in [-0.15, -0.1) is 0 Å². The molecule has 0 aliphatic carbocycles. The molecule has 0 aromatic heterocycles. The van der Waals surface area contributed by atoms with E-state index >= 15 is 0 Å². The second kappa shape index (κ2) is 8.31. The van der Waals surface area contributed by atoms with E-state index in [4.69, 9.17) is 4.74 Å². The zero-order chi connectivity index (χ0) is 25.1. The van der Waals surface area contributed by atoms with Gasteiger partial charge >= 0.3 is 0 Å². The number of rotatable bonds is 4. The first kappa shape index (κ1) is 23.8. The summed E-state index contributed by atoms with van der Waals surface area (Å²) in [5.74, 6) is -2.47. The predicted molar refractivity (Wildman–Crippen MR) is 130 cm³/mol. The number of para-hydroxylation sites is 1. The Hall–Kier alpha value is -2.97. The van der Waals surface area contributed by atoms with Crippen LogP contribution in [-0.4, -0.2) is 81.7 Å². The average molecular weight is 480 g/mol. The number of carbonyl (C=O) groups is 3. The van der Waals surface area contributed by atoms with E-state index in [1.165, 1.54) is 4.90 Å². The van der Waals surface area contributed by atoms with Crippen molar-refractivity contribution in [3.05, 3.63) is 54.6 Å². The lowest BCUT2D eigenvalue weighted by Crippen LogP contribution is -2.59. The molecule has 1 spiro atoms. The lowest BCUT2D eigenvalue weighted by Gasteiger charge is -2.40. The number of aliphatic hydroxyl groups excluding tert-OH is 1. The van der Waals surface area contributed by atoms with Crippen LogP contribution in [0.1, 0.15) is 27.7 Å². The number of anilines is 1. The van der Waals surface area contributed by atoms with Gasteiger partial charge in [0.1, 0.15) is 11.6 Å². The van der Waals surface area contributed by atoms with Crippen LogP contribution in [0.3, 0.4) is 0 Å². The van der Waals surface area contributed by atoms with Gasteiger partial charge in [-0.1, -0.05) is 42.5 Å². The third-order valence-electron chi connectivity index (χ3n) is 7.96. The zero-order valence-corrected chi connectivity index (χ0v) is 20.6. The molecule has 0 saturated carbocycles. The van der Waals surface area contributed by atoms with Crippen molar-refractivity contribution in [1.29, 1.82) is 0 Å². The van der Waals surface area contributed by atoms with Gasteiger partial charge in [0, 0.05) is 24.8 Å². The zero-order valence-electron chi connectivity index (χ0n) is 20.6. The minimum Gasteiger partial charge on any atom is -0.394 e. The highest BCUT2D eigenvalue weighted by Crippen LogP contribution is 2.58. The first-order chi connectivity index (χ1) is 16.7. The van der Waals surface area contributed by atoms with Crippen molar-refractivity contribution < 1.29 is 24.2 Å². The summed E-state index contributed by atoms with van der Waals surface area (Å²) < 4.78 is 6.76. The third kappa shape index (κ3) is 3.30. The van der Waals surface area contributed by atoms with Crippen molar-refractivity contribution in [1.82, 2.24) is 9.80 Å². The van der Waals surface area contributed by atoms with Crippen molar-refractivity contribution >= 4 is 23.4 Å². The van der Waals surface area contributed by atoms with Crippen LogP contribution in [0.2, 0.25) is 0 Å². The number of amides is 3. The van der Waals surface area contributed by atoms with Crippen molar-refractivity contribution in [2.75, 3.05) is 24.6 Å². The van der Waals surface area contributed by atoms with Gasteiger partial charge in [0.2, 0.25) is 17.7 Å². The van der Waals surface area contributed by atoms with E-state index in [0.717, 1.165) is 5.69 Å². The summed E-state index contributed by atoms with van der Waals surface area (Å²) in [5.41, 5.74) is -1.63. The molecule has 4 aliphatic heterocycles. The summed E-state index contributed by atoms with van der Waals surface area (Å²) in [7, 11) is 0. The molecule has 186 valence electrons. The lowest BCUT2D eigenvalue weighted by atomic mass is 9.74. The van der Waals surface area contributed by atoms with Crippen LogP contribution >= 0.6 is 0 Å². The molecule has 1 unspecified atom stereocenters. The van der Waals surface area contributed by atoms with Crippen LogP contribution in [0.25, 0.3) is 0 Å². The quantitative estimate of drug-likeness (QED) is 0.665. The second-order valence-electron chi connectivity index (χ2n) is 10.4. The molecular formula is C27H33N3O5. The van der Waals surface area contributed by atoms with Crippen molar-refractivity contribution in [3.8, 4) is 0 Å². The van der Waals surface area contributed by atoms with Crippen LogP contribution in [-0.2, 0) is 19.1 Å². The van der Waals surface area contributed by atoms with Crippen molar-refractivity contribution in [2.24, 2.45) is 11.8 Å². The number of benzene rings is 1. The first-order valence-corrected chi connectivity index (χ1v) is 12.3. The Bertz CT molecular complexity index is 1100. The Morgan fingerprint density at radius 1 is 0.971 bits per heavy atom. The Kier molecular flexibility index (Phi) is 5.64. The van der Waals surface area contributed by atoms with Crippen LogP contribution in [0.5, 0.6) is 0 Å². The average Bonchev–Trinajstić information content (AvgIpc) is 3.10. The van der Waals surface area contributed by atoms with Gasteiger partial charge in [-0.05, 0) is 39.8 Å². The Morgan fingerprint density at radius 3 is 2.31 bits per heavy atom. The number of hydrogen-bond donors (Lipinski definition) is 1. The molecule has 5 rings (SSSR count). The van der Waals surface area contributed by atoms with Crippen LogP contribution in [0, 0.1) is 11.8 Å². The highest BCUT2D eigenvalue weighted by Gasteiger charge is 2.75. The molecule has 0 bridgehead atoms. The molecule has 4 aliphatic rings. The minimum absolute atomic E-state index is 0.0831. The fourth-order valence-electron chi connectivity index (χ4n) is 6.35. The number of carbonyl (C=O) groups excluding carboxylic acids is 3. The summed E-state index contributed by atoms with van der Waals surface area (Å²) in [5, 5.41) is 10.0. The van der Waals surface area contributed by atoms with E-state index in [1.54, 1.807) is 16.7 Å². The topological polar surface area (TPSA) is 90.4 Å². The number of aliphatic hydroxyl groups is 1. The van der Waals surface area contributed by atoms with Crippen LogP contribution in [0.4, 0.5) is 5.69 Å². The summed E-state index contributed by atoms with van der Waals surface area (Å²) >= 11 is 0. The molecule has 1 N–H and O–H groups in total. The summed E-state index contributed by atoms with van der Waals surface area (Å²) in [6, 6.07) is 7.73. The Balaban J connectivity index is 1.67. The first-order valence-electron chi connectivity index (χ1n) is 12.3. The van der Waals surface area contributed by atoms with E-state index in [2.05, 4.69) is 0 Å². The van der Waals surface area contributed by atoms with E-state index in [0.29, 0.717) is 13.1 Å². The maximum Gasteiger partial charge on any atom is 0.249 e. The molecule has 35 heavy (non-hydrogen) atoms. The van der Waals surface area contributed by atoms with Crippen molar-refractivity contribution in [2.45, 2.75) is 57.0 Å². The highest BCUT2D eigenvalue weighted by molar-refractivity contribution is 6.04. The standard InChI is InChI=1S/C27H33N3O5/c1-17(2)28-14-9-13-27-21(24(33)30(18(3)16-31)22(27)25(28)34)20-23(32)29(19-10-6-5-7-11-19)15-8-12-26(20,4)35-27/h5-13,17-18,20-22,31H,14-16H2,1-4H3/t18-,20+,21+,22?,26-,27+/m1/s1. The summed E-state index contributed by atoms with van der Waals surface area (Å²) in [4.78, 5) is 47.1. The van der Waals surface area contributed by atoms with Gasteiger partial charge in [-0.3, -0.25) is 14.4 Å². The highest BCUT2D eigenvalue weighted by atomic mass is 16.5. The van der Waals surface area contributed by atoms with Gasteiger partial charge in [-0.2, -0.15) is 0 Å². The number of nitrogens with zero attached hydrogens (tertiary/aromatic N) is 3. The molecule has 3 amide bonds. The third-order valence-corrected chi connectivity index (χ3v) is 7.96. The van der Waals surface area contributed by atoms with Gasteiger partial charge in [0.25, 0.3) is 0 Å². The fraction of sp³-hybridized carbons (Fsp3) is 0.519. The number of hydrogen-bond acceptors (Lipinski definition) is 5. The molecule has 2 saturated heterocycles. The van der Waals surface area contributed by atoms with E-state index < -0.39 is 35.1 Å². The molecular weight excluding hydrogens is 446 g/mol. The summed E-state index contributed by atoms with van der Waals surface area (Å²) in [6.07, 6.45) is 7.49. The van der Waals surface area contributed by atoms with Gasteiger partial charge in [0.15, 0.2) is 0 Å².